The molecule has 3 aliphatic rings. The van der Waals surface area contributed by atoms with Crippen molar-refractivity contribution in [3.63, 3.8) is 0 Å². The van der Waals surface area contributed by atoms with Crippen molar-refractivity contribution in [2.24, 2.45) is 11.8 Å². The molecule has 1 aliphatic carbocycles. The Morgan fingerprint density at radius 1 is 1.03 bits per heavy atom. The highest BCUT2D eigenvalue weighted by atomic mass is 32.1. The molecule has 3 fully saturated rings. The van der Waals surface area contributed by atoms with E-state index in [4.69, 9.17) is 4.74 Å². The van der Waals surface area contributed by atoms with Gasteiger partial charge in [0.2, 0.25) is 5.91 Å². The first-order chi connectivity index (χ1) is 16.2. The third-order valence-corrected chi connectivity index (χ3v) is 8.79. The zero-order valence-electron chi connectivity index (χ0n) is 19.7. The lowest BCUT2D eigenvalue weighted by molar-refractivity contribution is -0.123. The van der Waals surface area contributed by atoms with Gasteiger partial charge < -0.3 is 15.0 Å². The first-order valence-electron chi connectivity index (χ1n) is 12.9. The van der Waals surface area contributed by atoms with Crippen LogP contribution in [0.5, 0.6) is 0 Å². The lowest BCUT2D eigenvalue weighted by Gasteiger charge is -2.37. The number of fused-ring (bicyclic) bond motifs is 1. The van der Waals surface area contributed by atoms with Crippen molar-refractivity contribution in [1.29, 1.82) is 0 Å². The van der Waals surface area contributed by atoms with Crippen molar-refractivity contribution in [2.75, 3.05) is 50.8 Å². The molecule has 0 spiro atoms. The second-order valence-electron chi connectivity index (χ2n) is 10.1. The fourth-order valence-corrected chi connectivity index (χ4v) is 6.55. The summed E-state index contributed by atoms with van der Waals surface area (Å²) in [5, 5.41) is 6.79. The highest BCUT2D eigenvalue weighted by Gasteiger charge is 2.25. The summed E-state index contributed by atoms with van der Waals surface area (Å²) in [5.74, 6) is 2.75. The number of carbonyl (C=O) groups excluding carboxylic acids is 1. The standard InChI is InChI=1S/C26H38N4O2S/c31-25(19-21-7-16-32-17-8-21)28-22-3-1-20(2-4-22)6-11-29-12-14-30(15-13-29)26-23-9-18-33-24(23)5-10-27-26/h5,9-10,18,20-22H,1-4,6-8,11-17,19H2,(H,28,31)/t20-,22-. The number of aromatic nitrogens is 1. The van der Waals surface area contributed by atoms with Crippen LogP contribution in [0.25, 0.3) is 10.1 Å². The van der Waals surface area contributed by atoms with Crippen LogP contribution in [0.2, 0.25) is 0 Å². The molecular formula is C26H38N4O2S. The molecule has 1 N–H and O–H groups in total. The molecule has 0 atom stereocenters. The molecule has 5 rings (SSSR count). The topological polar surface area (TPSA) is 57.7 Å². The molecule has 7 heteroatoms. The predicted molar refractivity (Wildman–Crippen MR) is 135 cm³/mol. The van der Waals surface area contributed by atoms with E-state index in [0.29, 0.717) is 18.4 Å². The number of carbonyl (C=O) groups is 1. The van der Waals surface area contributed by atoms with Crippen LogP contribution in [0.15, 0.2) is 23.7 Å². The first-order valence-corrected chi connectivity index (χ1v) is 13.8. The van der Waals surface area contributed by atoms with E-state index < -0.39 is 0 Å². The van der Waals surface area contributed by atoms with Crippen LogP contribution in [-0.4, -0.2) is 67.8 Å². The largest absolute Gasteiger partial charge is 0.381 e. The number of ether oxygens (including phenoxy) is 1. The van der Waals surface area contributed by atoms with E-state index >= 15 is 0 Å². The maximum Gasteiger partial charge on any atom is 0.220 e. The van der Waals surface area contributed by atoms with Gasteiger partial charge in [-0.2, -0.15) is 0 Å². The molecule has 2 aliphatic heterocycles. The van der Waals surface area contributed by atoms with Crippen molar-refractivity contribution in [2.45, 2.75) is 57.4 Å². The van der Waals surface area contributed by atoms with Crippen molar-refractivity contribution >= 4 is 33.1 Å². The normalized spacial score (nSPS) is 25.4. The smallest absolute Gasteiger partial charge is 0.220 e. The highest BCUT2D eigenvalue weighted by Crippen LogP contribution is 2.30. The summed E-state index contributed by atoms with van der Waals surface area (Å²) in [6, 6.07) is 4.72. The van der Waals surface area contributed by atoms with Crippen LogP contribution >= 0.6 is 11.3 Å². The van der Waals surface area contributed by atoms with Gasteiger partial charge in [0, 0.05) is 68.1 Å². The quantitative estimate of drug-likeness (QED) is 0.654. The van der Waals surface area contributed by atoms with Gasteiger partial charge in [-0.3, -0.25) is 9.69 Å². The minimum absolute atomic E-state index is 0.260. The van der Waals surface area contributed by atoms with Crippen molar-refractivity contribution in [3.8, 4) is 0 Å². The summed E-state index contributed by atoms with van der Waals surface area (Å²) in [6.45, 7) is 7.22. The van der Waals surface area contributed by atoms with Gasteiger partial charge >= 0.3 is 0 Å². The molecule has 2 aromatic rings. The first kappa shape index (κ1) is 23.1. The van der Waals surface area contributed by atoms with E-state index in [0.717, 1.165) is 76.8 Å². The maximum absolute atomic E-state index is 12.4. The number of hydrogen-bond donors (Lipinski definition) is 1. The van der Waals surface area contributed by atoms with Crippen molar-refractivity contribution in [1.82, 2.24) is 15.2 Å². The van der Waals surface area contributed by atoms with Gasteiger partial charge in [0.25, 0.3) is 0 Å². The third-order valence-electron chi connectivity index (χ3n) is 7.91. The number of amides is 1. The molecule has 1 saturated carbocycles. The lowest BCUT2D eigenvalue weighted by Crippen LogP contribution is -2.47. The van der Waals surface area contributed by atoms with E-state index in [1.807, 2.05) is 6.20 Å². The van der Waals surface area contributed by atoms with Crippen molar-refractivity contribution < 1.29 is 9.53 Å². The van der Waals surface area contributed by atoms with Crippen LogP contribution in [0.3, 0.4) is 0 Å². The van der Waals surface area contributed by atoms with E-state index in [-0.39, 0.29) is 5.91 Å². The summed E-state index contributed by atoms with van der Waals surface area (Å²) >= 11 is 1.80. The average molecular weight is 471 g/mol. The second-order valence-corrected chi connectivity index (χ2v) is 11.1. The maximum atomic E-state index is 12.4. The molecule has 33 heavy (non-hydrogen) atoms. The van der Waals surface area contributed by atoms with Crippen LogP contribution in [0.1, 0.15) is 51.4 Å². The summed E-state index contributed by atoms with van der Waals surface area (Å²) < 4.78 is 6.74. The Morgan fingerprint density at radius 2 is 1.82 bits per heavy atom. The molecule has 180 valence electrons. The number of anilines is 1. The fraction of sp³-hybridized carbons (Fsp3) is 0.692. The summed E-state index contributed by atoms with van der Waals surface area (Å²) in [6.07, 6.45) is 10.8. The Balaban J connectivity index is 0.989. The van der Waals surface area contributed by atoms with Gasteiger partial charge in [0.15, 0.2) is 0 Å². The average Bonchev–Trinajstić information content (AvgIpc) is 3.34. The van der Waals surface area contributed by atoms with Gasteiger partial charge in [-0.15, -0.1) is 11.3 Å². The highest BCUT2D eigenvalue weighted by molar-refractivity contribution is 7.17. The Hall–Kier alpha value is -1.70. The van der Waals surface area contributed by atoms with E-state index in [9.17, 15) is 4.79 Å². The molecule has 6 nitrogen and oxygen atoms in total. The predicted octanol–water partition coefficient (Wildman–Crippen LogP) is 4.30. The third kappa shape index (κ3) is 6.06. The number of piperazine rings is 1. The molecule has 0 radical (unpaired) electrons. The van der Waals surface area contributed by atoms with Gasteiger partial charge in [-0.25, -0.2) is 4.98 Å². The molecule has 0 unspecified atom stereocenters. The van der Waals surface area contributed by atoms with Crippen LogP contribution in [0, 0.1) is 11.8 Å². The Bertz CT molecular complexity index is 897. The fourth-order valence-electron chi connectivity index (χ4n) is 5.78. The lowest BCUT2D eigenvalue weighted by atomic mass is 9.83. The van der Waals surface area contributed by atoms with E-state index in [2.05, 4.69) is 37.6 Å². The molecule has 0 bridgehead atoms. The minimum atomic E-state index is 0.260. The zero-order chi connectivity index (χ0) is 22.5. The van der Waals surface area contributed by atoms with Crippen LogP contribution in [-0.2, 0) is 9.53 Å². The summed E-state index contributed by atoms with van der Waals surface area (Å²) in [4.78, 5) is 22.2. The van der Waals surface area contributed by atoms with Gasteiger partial charge in [-0.1, -0.05) is 0 Å². The number of thiophene rings is 1. The van der Waals surface area contributed by atoms with Gasteiger partial charge in [-0.05, 0) is 80.8 Å². The van der Waals surface area contributed by atoms with Crippen molar-refractivity contribution in [3.05, 3.63) is 23.7 Å². The molecule has 2 saturated heterocycles. The van der Waals surface area contributed by atoms with Crippen LogP contribution < -0.4 is 10.2 Å². The minimum Gasteiger partial charge on any atom is -0.381 e. The van der Waals surface area contributed by atoms with E-state index in [1.54, 1.807) is 11.3 Å². The molecule has 1 amide bonds. The SMILES string of the molecule is O=C(CC1CCOCC1)N[C@H]1CC[C@H](CCN2CCN(c3nccc4sccc34)CC2)CC1. The number of pyridine rings is 1. The van der Waals surface area contributed by atoms with E-state index in [1.165, 1.54) is 35.9 Å². The van der Waals surface area contributed by atoms with Crippen LogP contribution in [0.4, 0.5) is 5.82 Å². The summed E-state index contributed by atoms with van der Waals surface area (Å²) in [7, 11) is 0. The number of rotatable bonds is 7. The zero-order valence-corrected chi connectivity index (χ0v) is 20.5. The molecule has 0 aromatic carbocycles. The Labute approximate surface area is 201 Å². The summed E-state index contributed by atoms with van der Waals surface area (Å²) in [5.41, 5.74) is 0. The molecular weight excluding hydrogens is 432 g/mol. The Morgan fingerprint density at radius 3 is 2.61 bits per heavy atom. The van der Waals surface area contributed by atoms with Gasteiger partial charge in [0.1, 0.15) is 5.82 Å². The number of nitrogens with one attached hydrogen (secondary N) is 1. The molecule has 4 heterocycles. The Kier molecular flexibility index (Phi) is 7.79. The second kappa shape index (κ2) is 11.2. The number of hydrogen-bond acceptors (Lipinski definition) is 6. The van der Waals surface area contributed by atoms with Gasteiger partial charge in [0.05, 0.1) is 0 Å². The monoisotopic (exact) mass is 470 g/mol. The molecule has 2 aromatic heterocycles. The number of nitrogens with zero attached hydrogens (tertiary/aromatic N) is 3.